The molecular formula is C14H17BrN2O3. The third-order valence-corrected chi connectivity index (χ3v) is 4.55. The highest BCUT2D eigenvalue weighted by Gasteiger charge is 2.35. The van der Waals surface area contributed by atoms with Gasteiger partial charge in [0.2, 0.25) is 5.91 Å². The van der Waals surface area contributed by atoms with E-state index in [4.69, 9.17) is 4.42 Å². The zero-order chi connectivity index (χ0) is 14.1. The first-order chi connectivity index (χ1) is 9.65. The summed E-state index contributed by atoms with van der Waals surface area (Å²) in [6, 6.07) is 1.78. The fourth-order valence-corrected chi connectivity index (χ4v) is 2.97. The van der Waals surface area contributed by atoms with Crippen LogP contribution in [0.15, 0.2) is 21.4 Å². The molecule has 5 nitrogen and oxygen atoms in total. The quantitative estimate of drug-likeness (QED) is 0.917. The van der Waals surface area contributed by atoms with E-state index in [2.05, 4.69) is 21.2 Å². The maximum absolute atomic E-state index is 12.0. The van der Waals surface area contributed by atoms with E-state index < -0.39 is 0 Å². The molecule has 1 aromatic heterocycles. The molecule has 1 saturated heterocycles. The Labute approximate surface area is 125 Å². The fraction of sp³-hybridized carbons (Fsp3) is 0.571. The van der Waals surface area contributed by atoms with Gasteiger partial charge in [0, 0.05) is 25.0 Å². The summed E-state index contributed by atoms with van der Waals surface area (Å²) in [4.78, 5) is 25.9. The molecule has 0 aromatic carbocycles. The van der Waals surface area contributed by atoms with Gasteiger partial charge < -0.3 is 14.6 Å². The molecule has 0 bridgehead atoms. The number of amides is 2. The Morgan fingerprint density at radius 1 is 1.25 bits per heavy atom. The third-order valence-electron chi connectivity index (χ3n) is 3.93. The van der Waals surface area contributed by atoms with Gasteiger partial charge in [-0.1, -0.05) is 0 Å². The van der Waals surface area contributed by atoms with E-state index in [1.54, 1.807) is 6.07 Å². The van der Waals surface area contributed by atoms with Crippen molar-refractivity contribution in [1.82, 2.24) is 10.2 Å². The highest BCUT2D eigenvalue weighted by molar-refractivity contribution is 9.10. The molecule has 20 heavy (non-hydrogen) atoms. The number of piperidine rings is 1. The minimum Gasteiger partial charge on any atom is -0.457 e. The van der Waals surface area contributed by atoms with E-state index in [-0.39, 0.29) is 17.9 Å². The average molecular weight is 341 g/mol. The number of hydrogen-bond acceptors (Lipinski definition) is 3. The van der Waals surface area contributed by atoms with Crippen molar-refractivity contribution in [3.05, 3.63) is 22.6 Å². The summed E-state index contributed by atoms with van der Waals surface area (Å²) in [5.74, 6) is 0.452. The minimum absolute atomic E-state index is 0.127. The normalized spacial score (nSPS) is 19.9. The molecule has 0 unspecified atom stereocenters. The van der Waals surface area contributed by atoms with Gasteiger partial charge in [-0.05, 0) is 47.7 Å². The van der Waals surface area contributed by atoms with Gasteiger partial charge in [-0.3, -0.25) is 9.59 Å². The second kappa shape index (κ2) is 5.60. The van der Waals surface area contributed by atoms with Crippen molar-refractivity contribution in [3.63, 3.8) is 0 Å². The summed E-state index contributed by atoms with van der Waals surface area (Å²) < 4.78 is 5.51. The molecule has 2 heterocycles. The van der Waals surface area contributed by atoms with Crippen LogP contribution in [0.4, 0.5) is 0 Å². The highest BCUT2D eigenvalue weighted by Crippen LogP contribution is 2.31. The van der Waals surface area contributed by atoms with Crippen LogP contribution in [0.2, 0.25) is 0 Å². The SMILES string of the molecule is O=C(NC1CCN(C(=O)C2CC2)CC1)c1ccoc1Br. The van der Waals surface area contributed by atoms with E-state index in [1.807, 2.05) is 4.90 Å². The number of halogens is 1. The van der Waals surface area contributed by atoms with Gasteiger partial charge in [-0.25, -0.2) is 0 Å². The largest absolute Gasteiger partial charge is 0.457 e. The maximum Gasteiger partial charge on any atom is 0.255 e. The number of rotatable bonds is 3. The fourth-order valence-electron chi connectivity index (χ4n) is 2.55. The summed E-state index contributed by atoms with van der Waals surface area (Å²) >= 11 is 3.20. The van der Waals surface area contributed by atoms with E-state index >= 15 is 0 Å². The lowest BCUT2D eigenvalue weighted by Crippen LogP contribution is -2.47. The number of hydrogen-bond donors (Lipinski definition) is 1. The van der Waals surface area contributed by atoms with Gasteiger partial charge in [0.1, 0.15) is 0 Å². The van der Waals surface area contributed by atoms with Gasteiger partial charge in [-0.2, -0.15) is 0 Å². The van der Waals surface area contributed by atoms with Gasteiger partial charge in [-0.15, -0.1) is 0 Å². The van der Waals surface area contributed by atoms with Crippen molar-refractivity contribution in [1.29, 1.82) is 0 Å². The zero-order valence-electron chi connectivity index (χ0n) is 11.1. The van der Waals surface area contributed by atoms with Gasteiger partial charge in [0.05, 0.1) is 11.8 Å². The van der Waals surface area contributed by atoms with Crippen LogP contribution >= 0.6 is 15.9 Å². The predicted molar refractivity (Wildman–Crippen MR) is 76.2 cm³/mol. The molecular weight excluding hydrogens is 324 g/mol. The molecule has 0 radical (unpaired) electrons. The van der Waals surface area contributed by atoms with Crippen LogP contribution in [0.5, 0.6) is 0 Å². The Hall–Kier alpha value is -1.30. The van der Waals surface area contributed by atoms with Crippen LogP contribution in [-0.2, 0) is 4.79 Å². The van der Waals surface area contributed by atoms with Crippen molar-refractivity contribution in [2.45, 2.75) is 31.7 Å². The van der Waals surface area contributed by atoms with E-state index in [9.17, 15) is 9.59 Å². The maximum atomic E-state index is 12.0. The number of nitrogens with one attached hydrogen (secondary N) is 1. The Morgan fingerprint density at radius 3 is 2.50 bits per heavy atom. The molecule has 6 heteroatoms. The second-order valence-electron chi connectivity index (χ2n) is 5.46. The Morgan fingerprint density at radius 2 is 1.95 bits per heavy atom. The molecule has 0 spiro atoms. The number of furan rings is 1. The van der Waals surface area contributed by atoms with E-state index in [1.165, 1.54) is 6.26 Å². The Balaban J connectivity index is 1.50. The lowest BCUT2D eigenvalue weighted by Gasteiger charge is -2.32. The highest BCUT2D eigenvalue weighted by atomic mass is 79.9. The number of likely N-dealkylation sites (tertiary alicyclic amines) is 1. The summed E-state index contributed by atoms with van der Waals surface area (Å²) in [7, 11) is 0. The van der Waals surface area contributed by atoms with Crippen molar-refractivity contribution < 1.29 is 14.0 Å². The number of nitrogens with zero attached hydrogens (tertiary/aromatic N) is 1. The van der Waals surface area contributed by atoms with Crippen molar-refractivity contribution >= 4 is 27.7 Å². The first-order valence-electron chi connectivity index (χ1n) is 6.98. The summed E-state index contributed by atoms with van der Waals surface area (Å²) in [5, 5.41) is 3.00. The van der Waals surface area contributed by atoms with Crippen LogP contribution < -0.4 is 5.32 Å². The second-order valence-corrected chi connectivity index (χ2v) is 6.18. The van der Waals surface area contributed by atoms with E-state index in [0.717, 1.165) is 38.8 Å². The lowest BCUT2D eigenvalue weighted by atomic mass is 10.0. The average Bonchev–Trinajstić information content (AvgIpc) is 3.21. The minimum atomic E-state index is -0.127. The standard InChI is InChI=1S/C14H17BrN2O3/c15-12-11(5-8-20-12)13(18)16-10-3-6-17(7-4-10)14(19)9-1-2-9/h5,8-10H,1-4,6-7H2,(H,16,18). The topological polar surface area (TPSA) is 62.6 Å². The smallest absolute Gasteiger partial charge is 0.255 e. The monoisotopic (exact) mass is 340 g/mol. The molecule has 1 aliphatic heterocycles. The third kappa shape index (κ3) is 2.90. The lowest BCUT2D eigenvalue weighted by molar-refractivity contribution is -0.133. The molecule has 0 atom stereocenters. The van der Waals surface area contributed by atoms with E-state index in [0.29, 0.717) is 16.1 Å². The molecule has 1 saturated carbocycles. The molecule has 2 aliphatic rings. The van der Waals surface area contributed by atoms with Gasteiger partial charge in [0.25, 0.3) is 5.91 Å². The first-order valence-corrected chi connectivity index (χ1v) is 7.77. The van der Waals surface area contributed by atoms with Crippen LogP contribution in [0, 0.1) is 5.92 Å². The molecule has 1 aliphatic carbocycles. The van der Waals surface area contributed by atoms with Gasteiger partial charge in [0.15, 0.2) is 4.67 Å². The predicted octanol–water partition coefficient (Wildman–Crippen LogP) is 2.17. The Kier molecular flexibility index (Phi) is 3.83. The Bertz CT molecular complexity index is 516. The van der Waals surface area contributed by atoms with Crippen LogP contribution in [0.25, 0.3) is 0 Å². The summed E-state index contributed by atoms with van der Waals surface area (Å²) in [6.07, 6.45) is 5.21. The zero-order valence-corrected chi connectivity index (χ0v) is 12.7. The molecule has 1 aromatic rings. The van der Waals surface area contributed by atoms with Crippen molar-refractivity contribution in [3.8, 4) is 0 Å². The van der Waals surface area contributed by atoms with Crippen LogP contribution in [0.1, 0.15) is 36.0 Å². The molecule has 2 fully saturated rings. The molecule has 1 N–H and O–H groups in total. The molecule has 3 rings (SSSR count). The van der Waals surface area contributed by atoms with Crippen molar-refractivity contribution in [2.24, 2.45) is 5.92 Å². The number of carbonyl (C=O) groups is 2. The molecule has 108 valence electrons. The molecule has 2 amide bonds. The summed E-state index contributed by atoms with van der Waals surface area (Å²) in [5.41, 5.74) is 0.515. The van der Waals surface area contributed by atoms with Gasteiger partial charge >= 0.3 is 0 Å². The summed E-state index contributed by atoms with van der Waals surface area (Å²) in [6.45, 7) is 1.49. The number of carbonyl (C=O) groups excluding carboxylic acids is 2. The first kappa shape index (κ1) is 13.7. The van der Waals surface area contributed by atoms with Crippen LogP contribution in [0.3, 0.4) is 0 Å². The van der Waals surface area contributed by atoms with Crippen molar-refractivity contribution in [2.75, 3.05) is 13.1 Å². The van der Waals surface area contributed by atoms with Crippen LogP contribution in [-0.4, -0.2) is 35.8 Å².